The molecule has 0 aliphatic carbocycles. The van der Waals surface area contributed by atoms with Gasteiger partial charge in [0.2, 0.25) is 5.75 Å². The molecule has 1 N–H and O–H groups in total. The molecule has 0 saturated carbocycles. The summed E-state index contributed by atoms with van der Waals surface area (Å²) < 4.78 is 22.4. The molecule has 4 rings (SSSR count). The van der Waals surface area contributed by atoms with E-state index in [0.29, 0.717) is 11.4 Å². The monoisotopic (exact) mass is 502 g/mol. The van der Waals surface area contributed by atoms with Crippen LogP contribution in [0.15, 0.2) is 60.8 Å². The van der Waals surface area contributed by atoms with Crippen molar-refractivity contribution in [2.45, 2.75) is 33.0 Å². The molecule has 10 nitrogen and oxygen atoms in total. The lowest BCUT2D eigenvalue weighted by atomic mass is 10.2. The van der Waals surface area contributed by atoms with E-state index in [1.165, 1.54) is 11.1 Å². The van der Waals surface area contributed by atoms with Gasteiger partial charge in [-0.05, 0) is 50.6 Å². The van der Waals surface area contributed by atoms with Gasteiger partial charge in [0.15, 0.2) is 11.6 Å². The van der Waals surface area contributed by atoms with E-state index in [4.69, 9.17) is 18.9 Å². The van der Waals surface area contributed by atoms with Gasteiger partial charge in [-0.2, -0.15) is 5.26 Å². The highest BCUT2D eigenvalue weighted by Gasteiger charge is 2.33. The second kappa shape index (κ2) is 10.9. The number of hydrogen-bond donors (Lipinski definition) is 1. The average molecular weight is 503 g/mol. The van der Waals surface area contributed by atoms with E-state index in [-0.39, 0.29) is 42.6 Å². The van der Waals surface area contributed by atoms with Gasteiger partial charge < -0.3 is 18.9 Å². The number of nitrogens with zero attached hydrogens (tertiary/aromatic N) is 3. The van der Waals surface area contributed by atoms with Crippen molar-refractivity contribution in [1.82, 2.24) is 4.98 Å². The highest BCUT2D eigenvalue weighted by molar-refractivity contribution is 5.90. The second-order valence-electron chi connectivity index (χ2n) is 9.06. The third kappa shape index (κ3) is 6.46. The fourth-order valence-electron chi connectivity index (χ4n) is 3.41. The molecule has 1 aliphatic heterocycles. The van der Waals surface area contributed by atoms with Crippen LogP contribution in [0, 0.1) is 11.3 Å². The van der Waals surface area contributed by atoms with Crippen molar-refractivity contribution in [2.24, 2.45) is 0 Å². The maximum absolute atomic E-state index is 12.7. The molecule has 0 bridgehead atoms. The summed E-state index contributed by atoms with van der Waals surface area (Å²) in [5, 5.41) is 12.3. The molecule has 1 aromatic heterocycles. The first kappa shape index (κ1) is 25.3. The molecule has 3 aromatic rings. The fourth-order valence-corrected chi connectivity index (χ4v) is 3.41. The minimum absolute atomic E-state index is 0.128. The number of nitrogens with one attached hydrogen (secondary N) is 1. The third-order valence-electron chi connectivity index (χ3n) is 5.05. The normalized spacial score (nSPS) is 12.4. The van der Waals surface area contributed by atoms with Crippen LogP contribution in [0.1, 0.15) is 31.9 Å². The van der Waals surface area contributed by atoms with E-state index in [9.17, 15) is 14.9 Å². The number of hydrogen-bond acceptors (Lipinski definition) is 8. The van der Waals surface area contributed by atoms with Gasteiger partial charge in [0.1, 0.15) is 36.2 Å². The largest absolute Gasteiger partial charge is 0.484 e. The lowest BCUT2D eigenvalue weighted by Crippen LogP contribution is -2.42. The maximum Gasteiger partial charge on any atom is 0.416 e. The molecule has 37 heavy (non-hydrogen) atoms. The average Bonchev–Trinajstić information content (AvgIpc) is 2.88. The van der Waals surface area contributed by atoms with Crippen molar-refractivity contribution < 1.29 is 28.5 Å². The minimum Gasteiger partial charge on any atom is -0.484 e. The summed E-state index contributed by atoms with van der Waals surface area (Å²) in [6.45, 7) is 5.88. The van der Waals surface area contributed by atoms with Crippen molar-refractivity contribution in [3.63, 3.8) is 0 Å². The Balaban J connectivity index is 1.47. The predicted octanol–water partition coefficient (Wildman–Crippen LogP) is 5.63. The number of carbonyl (C=O) groups excluding carboxylic acids is 2. The van der Waals surface area contributed by atoms with Crippen LogP contribution in [0.3, 0.4) is 0 Å². The molecule has 2 aromatic carbocycles. The van der Waals surface area contributed by atoms with E-state index in [0.717, 1.165) is 5.56 Å². The van der Waals surface area contributed by atoms with Crippen LogP contribution in [0.25, 0.3) is 0 Å². The van der Waals surface area contributed by atoms with E-state index >= 15 is 0 Å². The highest BCUT2D eigenvalue weighted by Crippen LogP contribution is 2.43. The van der Waals surface area contributed by atoms with Crippen LogP contribution in [0.4, 0.5) is 21.1 Å². The summed E-state index contributed by atoms with van der Waals surface area (Å²) in [5.74, 6) is 0.881. The molecule has 0 saturated heterocycles. The number of amides is 2. The summed E-state index contributed by atoms with van der Waals surface area (Å²) in [4.78, 5) is 30.4. The summed E-state index contributed by atoms with van der Waals surface area (Å²) in [7, 11) is 0. The van der Waals surface area contributed by atoms with Gasteiger partial charge in [0, 0.05) is 5.69 Å². The number of fused-ring (bicyclic) bond motifs is 1. The topological polar surface area (TPSA) is 123 Å². The zero-order valence-corrected chi connectivity index (χ0v) is 20.7. The standard InChI is InChI=1S/C27H26N4O6/c1-27(2,3)37-26(33)31-13-14-34-23-22(19(15-28)16-29-24(23)31)36-21-11-9-20(10-12-21)30-25(32)35-17-18-7-5-4-6-8-18/h4-12,16H,13-14,17H2,1-3H3,(H,30,32). The van der Waals surface area contributed by atoms with Gasteiger partial charge in [0.25, 0.3) is 0 Å². The predicted molar refractivity (Wildman–Crippen MR) is 135 cm³/mol. The minimum atomic E-state index is -0.689. The Kier molecular flexibility index (Phi) is 7.44. The summed E-state index contributed by atoms with van der Waals surface area (Å²) in [5.41, 5.74) is 0.819. The zero-order chi connectivity index (χ0) is 26.4. The first-order chi connectivity index (χ1) is 17.7. The van der Waals surface area contributed by atoms with Crippen LogP contribution >= 0.6 is 0 Å². The Labute approximate surface area is 214 Å². The fraction of sp³-hybridized carbons (Fsp3) is 0.259. The Bertz CT molecular complexity index is 1310. The van der Waals surface area contributed by atoms with Crippen LogP contribution in [0.5, 0.6) is 17.2 Å². The van der Waals surface area contributed by atoms with E-state index in [1.807, 2.05) is 36.4 Å². The van der Waals surface area contributed by atoms with E-state index < -0.39 is 17.8 Å². The molecule has 1 aliphatic rings. The van der Waals surface area contributed by atoms with Crippen molar-refractivity contribution >= 4 is 23.7 Å². The summed E-state index contributed by atoms with van der Waals surface area (Å²) in [6, 6.07) is 17.9. The smallest absolute Gasteiger partial charge is 0.416 e. The SMILES string of the molecule is CC(C)(C)OC(=O)N1CCOc2c1ncc(C#N)c2Oc1ccc(NC(=O)OCc2ccccc2)cc1. The quantitative estimate of drug-likeness (QED) is 0.476. The number of carbonyl (C=O) groups is 2. The van der Waals surface area contributed by atoms with Crippen LogP contribution in [0.2, 0.25) is 0 Å². The number of nitriles is 1. The third-order valence-corrected chi connectivity index (χ3v) is 5.05. The number of aromatic nitrogens is 1. The van der Waals surface area contributed by atoms with Gasteiger partial charge in [0.05, 0.1) is 12.7 Å². The molecule has 0 radical (unpaired) electrons. The Morgan fingerprint density at radius 1 is 1.14 bits per heavy atom. The van der Waals surface area contributed by atoms with Crippen molar-refractivity contribution in [2.75, 3.05) is 23.4 Å². The lowest BCUT2D eigenvalue weighted by Gasteiger charge is -2.31. The van der Waals surface area contributed by atoms with Gasteiger partial charge in [-0.25, -0.2) is 14.6 Å². The Morgan fingerprint density at radius 3 is 2.54 bits per heavy atom. The van der Waals surface area contributed by atoms with Gasteiger partial charge >= 0.3 is 12.2 Å². The van der Waals surface area contributed by atoms with Crippen LogP contribution in [-0.2, 0) is 16.1 Å². The summed E-state index contributed by atoms with van der Waals surface area (Å²) in [6.07, 6.45) is 0.150. The zero-order valence-electron chi connectivity index (χ0n) is 20.7. The van der Waals surface area contributed by atoms with Crippen molar-refractivity contribution in [1.29, 1.82) is 5.26 Å². The highest BCUT2D eigenvalue weighted by atomic mass is 16.6. The molecule has 2 heterocycles. The second-order valence-corrected chi connectivity index (χ2v) is 9.06. The number of pyridine rings is 1. The first-order valence-corrected chi connectivity index (χ1v) is 11.6. The van der Waals surface area contributed by atoms with Crippen molar-refractivity contribution in [3.8, 4) is 23.3 Å². The number of ether oxygens (including phenoxy) is 4. The molecular formula is C27H26N4O6. The molecule has 10 heteroatoms. The lowest BCUT2D eigenvalue weighted by molar-refractivity contribution is 0.0565. The van der Waals surface area contributed by atoms with E-state index in [2.05, 4.69) is 10.3 Å². The van der Waals surface area contributed by atoms with Crippen LogP contribution < -0.4 is 19.7 Å². The Morgan fingerprint density at radius 2 is 1.86 bits per heavy atom. The first-order valence-electron chi connectivity index (χ1n) is 11.6. The molecule has 0 unspecified atom stereocenters. The number of benzene rings is 2. The van der Waals surface area contributed by atoms with Crippen LogP contribution in [-0.4, -0.2) is 35.9 Å². The number of anilines is 2. The molecule has 0 atom stereocenters. The van der Waals surface area contributed by atoms with Crippen molar-refractivity contribution in [3.05, 3.63) is 71.9 Å². The van der Waals surface area contributed by atoms with Gasteiger partial charge in [-0.15, -0.1) is 0 Å². The molecule has 190 valence electrons. The molecule has 2 amide bonds. The maximum atomic E-state index is 12.7. The van der Waals surface area contributed by atoms with Gasteiger partial charge in [-0.1, -0.05) is 30.3 Å². The van der Waals surface area contributed by atoms with E-state index in [1.54, 1.807) is 45.0 Å². The number of rotatable bonds is 5. The summed E-state index contributed by atoms with van der Waals surface area (Å²) >= 11 is 0. The molecular weight excluding hydrogens is 476 g/mol. The Hall–Kier alpha value is -4.78. The van der Waals surface area contributed by atoms with Gasteiger partial charge in [-0.3, -0.25) is 10.2 Å². The molecule has 0 fully saturated rings. The molecule has 0 spiro atoms.